The van der Waals surface area contributed by atoms with Gasteiger partial charge in [-0.2, -0.15) is 0 Å². The molecule has 1 aromatic carbocycles. The van der Waals surface area contributed by atoms with Crippen molar-refractivity contribution in [1.29, 1.82) is 0 Å². The van der Waals surface area contributed by atoms with Crippen LogP contribution in [0.3, 0.4) is 0 Å². The minimum absolute atomic E-state index is 0.0721. The molecule has 0 bridgehead atoms. The average molecular weight is 304 g/mol. The predicted octanol–water partition coefficient (Wildman–Crippen LogP) is 3.34. The van der Waals surface area contributed by atoms with Crippen LogP contribution in [0.4, 0.5) is 4.79 Å². The summed E-state index contributed by atoms with van der Waals surface area (Å²) < 4.78 is 0. The number of nitrogens with one attached hydrogen (secondary N) is 2. The molecular formula is C16H18ClN3O. The SMILES string of the molecule is CC(NC(=O)NCCc1ccccn1)c1ccc(Cl)cc1. The van der Waals surface area contributed by atoms with Crippen LogP contribution in [0, 0.1) is 0 Å². The molecule has 2 N–H and O–H groups in total. The normalized spacial score (nSPS) is 11.7. The zero-order chi connectivity index (χ0) is 15.1. The van der Waals surface area contributed by atoms with E-state index in [9.17, 15) is 4.79 Å². The molecule has 1 heterocycles. The lowest BCUT2D eigenvalue weighted by molar-refractivity contribution is 0.238. The van der Waals surface area contributed by atoms with E-state index in [0.717, 1.165) is 11.3 Å². The van der Waals surface area contributed by atoms with Gasteiger partial charge in [-0.05, 0) is 36.8 Å². The van der Waals surface area contributed by atoms with Crippen molar-refractivity contribution >= 4 is 17.6 Å². The molecule has 0 aliphatic rings. The number of rotatable bonds is 5. The van der Waals surface area contributed by atoms with E-state index in [1.807, 2.05) is 49.4 Å². The number of aromatic nitrogens is 1. The van der Waals surface area contributed by atoms with Crippen molar-refractivity contribution in [3.63, 3.8) is 0 Å². The molecule has 1 aromatic heterocycles. The Kier molecular flexibility index (Phi) is 5.58. The zero-order valence-electron chi connectivity index (χ0n) is 11.8. The fourth-order valence-electron chi connectivity index (χ4n) is 1.93. The van der Waals surface area contributed by atoms with Crippen LogP contribution in [0.1, 0.15) is 24.2 Å². The van der Waals surface area contributed by atoms with Crippen LogP contribution in [0.25, 0.3) is 0 Å². The number of halogens is 1. The first-order chi connectivity index (χ1) is 10.1. The second-order valence-electron chi connectivity index (χ2n) is 4.74. The monoisotopic (exact) mass is 303 g/mol. The number of hydrogen-bond donors (Lipinski definition) is 2. The van der Waals surface area contributed by atoms with Gasteiger partial charge in [0.05, 0.1) is 6.04 Å². The standard InChI is InChI=1S/C16H18ClN3O/c1-12(13-5-7-14(17)8-6-13)20-16(21)19-11-9-15-4-2-3-10-18-15/h2-8,10,12H,9,11H2,1H3,(H2,19,20,21). The molecule has 1 unspecified atom stereocenters. The van der Waals surface area contributed by atoms with Crippen molar-refractivity contribution < 1.29 is 4.79 Å². The fourth-order valence-corrected chi connectivity index (χ4v) is 2.06. The highest BCUT2D eigenvalue weighted by Crippen LogP contribution is 2.15. The molecule has 21 heavy (non-hydrogen) atoms. The number of benzene rings is 1. The van der Waals surface area contributed by atoms with Crippen LogP contribution in [0.5, 0.6) is 0 Å². The van der Waals surface area contributed by atoms with Crippen molar-refractivity contribution in [3.05, 3.63) is 64.9 Å². The predicted molar refractivity (Wildman–Crippen MR) is 84.3 cm³/mol. The molecule has 2 amide bonds. The highest BCUT2D eigenvalue weighted by Gasteiger charge is 2.08. The fraction of sp³-hybridized carbons (Fsp3) is 0.250. The van der Waals surface area contributed by atoms with Crippen molar-refractivity contribution in [3.8, 4) is 0 Å². The Hall–Kier alpha value is -2.07. The molecule has 1 atom stereocenters. The summed E-state index contributed by atoms with van der Waals surface area (Å²) in [4.78, 5) is 16.0. The molecule has 4 nitrogen and oxygen atoms in total. The van der Waals surface area contributed by atoms with E-state index in [1.54, 1.807) is 6.20 Å². The minimum atomic E-state index is -0.187. The zero-order valence-corrected chi connectivity index (χ0v) is 12.6. The summed E-state index contributed by atoms with van der Waals surface area (Å²) in [5.74, 6) is 0. The van der Waals surface area contributed by atoms with Gasteiger partial charge in [0.15, 0.2) is 0 Å². The molecule has 0 aliphatic carbocycles. The number of hydrogen-bond acceptors (Lipinski definition) is 2. The average Bonchev–Trinajstić information content (AvgIpc) is 2.49. The van der Waals surface area contributed by atoms with E-state index < -0.39 is 0 Å². The third-order valence-electron chi connectivity index (χ3n) is 3.11. The maximum Gasteiger partial charge on any atom is 0.315 e. The molecule has 0 saturated carbocycles. The minimum Gasteiger partial charge on any atom is -0.338 e. The lowest BCUT2D eigenvalue weighted by atomic mass is 10.1. The number of carbonyl (C=O) groups is 1. The highest BCUT2D eigenvalue weighted by atomic mass is 35.5. The van der Waals surface area contributed by atoms with Crippen LogP contribution in [0.15, 0.2) is 48.7 Å². The first-order valence-corrected chi connectivity index (χ1v) is 7.22. The van der Waals surface area contributed by atoms with E-state index >= 15 is 0 Å². The second kappa shape index (κ2) is 7.64. The van der Waals surface area contributed by atoms with Gasteiger partial charge in [-0.25, -0.2) is 4.79 Å². The van der Waals surface area contributed by atoms with Gasteiger partial charge >= 0.3 is 6.03 Å². The first-order valence-electron chi connectivity index (χ1n) is 6.85. The van der Waals surface area contributed by atoms with E-state index in [0.29, 0.717) is 18.0 Å². The number of nitrogens with zero attached hydrogens (tertiary/aromatic N) is 1. The summed E-state index contributed by atoms with van der Waals surface area (Å²) in [5, 5.41) is 6.40. The Morgan fingerprint density at radius 2 is 2.00 bits per heavy atom. The van der Waals surface area contributed by atoms with E-state index in [1.165, 1.54) is 0 Å². The summed E-state index contributed by atoms with van der Waals surface area (Å²) in [6.07, 6.45) is 2.46. The summed E-state index contributed by atoms with van der Waals surface area (Å²) >= 11 is 5.84. The Bertz CT molecular complexity index is 572. The molecule has 0 aliphatic heterocycles. The van der Waals surface area contributed by atoms with Gasteiger partial charge in [0, 0.05) is 29.9 Å². The summed E-state index contributed by atoms with van der Waals surface area (Å²) in [7, 11) is 0. The van der Waals surface area contributed by atoms with Crippen LogP contribution >= 0.6 is 11.6 Å². The molecule has 0 fully saturated rings. The van der Waals surface area contributed by atoms with Crippen molar-refractivity contribution in [2.75, 3.05) is 6.54 Å². The van der Waals surface area contributed by atoms with Crippen molar-refractivity contribution in [2.24, 2.45) is 0 Å². The number of pyridine rings is 1. The van der Waals surface area contributed by atoms with E-state index in [2.05, 4.69) is 15.6 Å². The molecule has 2 rings (SSSR count). The quantitative estimate of drug-likeness (QED) is 0.890. The Morgan fingerprint density at radius 1 is 1.24 bits per heavy atom. The van der Waals surface area contributed by atoms with Gasteiger partial charge < -0.3 is 10.6 Å². The number of amides is 2. The number of urea groups is 1. The third kappa shape index (κ3) is 5.08. The molecule has 110 valence electrons. The number of carbonyl (C=O) groups excluding carboxylic acids is 1. The smallest absolute Gasteiger partial charge is 0.315 e. The van der Waals surface area contributed by atoms with Gasteiger partial charge in [-0.3, -0.25) is 4.98 Å². The van der Waals surface area contributed by atoms with Gasteiger partial charge in [-0.1, -0.05) is 29.8 Å². The second-order valence-corrected chi connectivity index (χ2v) is 5.18. The summed E-state index contributed by atoms with van der Waals surface area (Å²) in [6, 6.07) is 12.9. The third-order valence-corrected chi connectivity index (χ3v) is 3.36. The Balaban J connectivity index is 1.75. The highest BCUT2D eigenvalue weighted by molar-refractivity contribution is 6.30. The van der Waals surface area contributed by atoms with Crippen LogP contribution in [-0.2, 0) is 6.42 Å². The van der Waals surface area contributed by atoms with E-state index in [-0.39, 0.29) is 12.1 Å². The topological polar surface area (TPSA) is 54.0 Å². The molecule has 0 radical (unpaired) electrons. The lowest BCUT2D eigenvalue weighted by Crippen LogP contribution is -2.38. The maximum atomic E-state index is 11.8. The Labute approximate surface area is 129 Å². The van der Waals surface area contributed by atoms with Crippen LogP contribution < -0.4 is 10.6 Å². The summed E-state index contributed by atoms with van der Waals surface area (Å²) in [5.41, 5.74) is 1.97. The summed E-state index contributed by atoms with van der Waals surface area (Å²) in [6.45, 7) is 2.48. The van der Waals surface area contributed by atoms with Gasteiger partial charge in [0.1, 0.15) is 0 Å². The Morgan fingerprint density at radius 3 is 2.67 bits per heavy atom. The largest absolute Gasteiger partial charge is 0.338 e. The maximum absolute atomic E-state index is 11.8. The van der Waals surface area contributed by atoms with Crippen molar-refractivity contribution in [1.82, 2.24) is 15.6 Å². The van der Waals surface area contributed by atoms with Gasteiger partial charge in [0.2, 0.25) is 0 Å². The molecule has 0 saturated heterocycles. The first kappa shape index (κ1) is 15.3. The van der Waals surface area contributed by atoms with Crippen molar-refractivity contribution in [2.45, 2.75) is 19.4 Å². The molecule has 0 spiro atoms. The van der Waals surface area contributed by atoms with Gasteiger partial charge in [0.25, 0.3) is 0 Å². The van der Waals surface area contributed by atoms with E-state index in [4.69, 9.17) is 11.6 Å². The van der Waals surface area contributed by atoms with Crippen LogP contribution in [0.2, 0.25) is 5.02 Å². The van der Waals surface area contributed by atoms with Gasteiger partial charge in [-0.15, -0.1) is 0 Å². The molecular weight excluding hydrogens is 286 g/mol. The molecule has 2 aromatic rings. The lowest BCUT2D eigenvalue weighted by Gasteiger charge is -2.15. The molecule has 5 heteroatoms. The van der Waals surface area contributed by atoms with Crippen LogP contribution in [-0.4, -0.2) is 17.6 Å².